The van der Waals surface area contributed by atoms with Crippen LogP contribution in [0.25, 0.3) is 0 Å². The van der Waals surface area contributed by atoms with Crippen molar-refractivity contribution in [1.82, 2.24) is 14.8 Å². The Morgan fingerprint density at radius 2 is 2.17 bits per heavy atom. The Morgan fingerprint density at radius 1 is 1.39 bits per heavy atom. The Morgan fingerprint density at radius 3 is 2.78 bits per heavy atom. The maximum atomic E-state index is 9.13. The molecule has 2 heterocycles. The van der Waals surface area contributed by atoms with Gasteiger partial charge in [0.05, 0.1) is 19.0 Å². The van der Waals surface area contributed by atoms with Gasteiger partial charge >= 0.3 is 0 Å². The highest BCUT2D eigenvalue weighted by Gasteiger charge is 2.06. The van der Waals surface area contributed by atoms with E-state index in [2.05, 4.69) is 10.1 Å². The van der Waals surface area contributed by atoms with E-state index in [-0.39, 0.29) is 6.61 Å². The molecule has 0 aliphatic rings. The summed E-state index contributed by atoms with van der Waals surface area (Å²) in [6, 6.07) is 3.84. The fourth-order valence-corrected chi connectivity index (χ4v) is 1.63. The van der Waals surface area contributed by atoms with Crippen LogP contribution in [-0.4, -0.2) is 19.9 Å². The molecule has 2 aromatic rings. The number of aliphatic hydroxyl groups excluding tert-OH is 1. The molecular formula is C13H17N3O2. The van der Waals surface area contributed by atoms with Gasteiger partial charge in [0, 0.05) is 17.8 Å². The standard InChI is InChI=1S/C13H17N3O2/c1-9(2)16-7-12(6-14-16)18-13-5-11(8-17)4-10(3)15-13/h4-7,9,17H,8H2,1-3H3. The van der Waals surface area contributed by atoms with Crippen LogP contribution in [0.4, 0.5) is 0 Å². The summed E-state index contributed by atoms with van der Waals surface area (Å²) >= 11 is 0. The van der Waals surface area contributed by atoms with Gasteiger partial charge in [-0.2, -0.15) is 5.10 Å². The Balaban J connectivity index is 2.19. The smallest absolute Gasteiger partial charge is 0.219 e. The van der Waals surface area contributed by atoms with Crippen LogP contribution in [0.15, 0.2) is 24.5 Å². The first-order chi connectivity index (χ1) is 8.58. The summed E-state index contributed by atoms with van der Waals surface area (Å²) in [4.78, 5) is 4.26. The molecule has 0 fully saturated rings. The molecule has 0 aliphatic carbocycles. The Hall–Kier alpha value is -1.88. The lowest BCUT2D eigenvalue weighted by Gasteiger charge is -2.06. The molecule has 2 rings (SSSR count). The van der Waals surface area contributed by atoms with Gasteiger partial charge in [0.1, 0.15) is 0 Å². The van der Waals surface area contributed by atoms with Crippen molar-refractivity contribution in [1.29, 1.82) is 0 Å². The van der Waals surface area contributed by atoms with Crippen molar-refractivity contribution in [3.63, 3.8) is 0 Å². The fraction of sp³-hybridized carbons (Fsp3) is 0.385. The summed E-state index contributed by atoms with van der Waals surface area (Å²) in [5, 5.41) is 13.3. The van der Waals surface area contributed by atoms with Gasteiger partial charge in [-0.25, -0.2) is 4.98 Å². The molecule has 1 N–H and O–H groups in total. The topological polar surface area (TPSA) is 60.2 Å². The van der Waals surface area contributed by atoms with Crippen LogP contribution in [0.2, 0.25) is 0 Å². The fourth-order valence-electron chi connectivity index (χ4n) is 1.63. The van der Waals surface area contributed by atoms with Crippen molar-refractivity contribution >= 4 is 0 Å². The summed E-state index contributed by atoms with van der Waals surface area (Å²) in [5.41, 5.74) is 1.60. The Kier molecular flexibility index (Phi) is 3.62. The zero-order valence-electron chi connectivity index (χ0n) is 10.8. The van der Waals surface area contributed by atoms with Crippen molar-refractivity contribution < 1.29 is 9.84 Å². The molecule has 0 unspecified atom stereocenters. The van der Waals surface area contributed by atoms with E-state index in [9.17, 15) is 0 Å². The molecule has 0 atom stereocenters. The third kappa shape index (κ3) is 2.87. The first-order valence-corrected chi connectivity index (χ1v) is 5.89. The summed E-state index contributed by atoms with van der Waals surface area (Å²) in [6.45, 7) is 5.94. The summed E-state index contributed by atoms with van der Waals surface area (Å²) < 4.78 is 7.44. The molecule has 0 bridgehead atoms. The van der Waals surface area contributed by atoms with Gasteiger partial charge in [0.25, 0.3) is 0 Å². The quantitative estimate of drug-likeness (QED) is 0.901. The zero-order valence-corrected chi connectivity index (χ0v) is 10.8. The molecule has 5 nitrogen and oxygen atoms in total. The molecule has 0 saturated heterocycles. The molecule has 96 valence electrons. The van der Waals surface area contributed by atoms with E-state index in [4.69, 9.17) is 9.84 Å². The second kappa shape index (κ2) is 5.18. The van der Waals surface area contributed by atoms with Gasteiger partial charge in [-0.1, -0.05) is 0 Å². The molecule has 0 radical (unpaired) electrons. The minimum absolute atomic E-state index is 0.0228. The number of nitrogens with zero attached hydrogens (tertiary/aromatic N) is 3. The number of hydrogen-bond donors (Lipinski definition) is 1. The summed E-state index contributed by atoms with van der Waals surface area (Å²) in [5.74, 6) is 1.12. The van der Waals surface area contributed by atoms with E-state index in [0.717, 1.165) is 11.3 Å². The molecular weight excluding hydrogens is 230 g/mol. The van der Waals surface area contributed by atoms with Crippen LogP contribution < -0.4 is 4.74 Å². The average molecular weight is 247 g/mol. The third-order valence-corrected chi connectivity index (χ3v) is 2.50. The molecule has 5 heteroatoms. The highest BCUT2D eigenvalue weighted by atomic mass is 16.5. The predicted molar refractivity (Wildman–Crippen MR) is 67.6 cm³/mol. The highest BCUT2D eigenvalue weighted by molar-refractivity contribution is 5.28. The first-order valence-electron chi connectivity index (χ1n) is 5.89. The molecule has 18 heavy (non-hydrogen) atoms. The van der Waals surface area contributed by atoms with Crippen molar-refractivity contribution in [3.8, 4) is 11.6 Å². The van der Waals surface area contributed by atoms with E-state index in [1.54, 1.807) is 12.3 Å². The number of aliphatic hydroxyl groups is 1. The Bertz CT molecular complexity index is 535. The highest BCUT2D eigenvalue weighted by Crippen LogP contribution is 2.21. The normalized spacial score (nSPS) is 10.9. The minimum Gasteiger partial charge on any atom is -0.436 e. The van der Waals surface area contributed by atoms with Crippen LogP contribution in [-0.2, 0) is 6.61 Å². The third-order valence-electron chi connectivity index (χ3n) is 2.50. The number of ether oxygens (including phenoxy) is 1. The summed E-state index contributed by atoms with van der Waals surface area (Å²) in [7, 11) is 0. The van der Waals surface area contributed by atoms with Crippen molar-refractivity contribution in [3.05, 3.63) is 35.8 Å². The first kappa shape index (κ1) is 12.6. The number of aromatic nitrogens is 3. The molecule has 0 saturated carbocycles. The second-order valence-corrected chi connectivity index (χ2v) is 4.46. The maximum absolute atomic E-state index is 9.13. The van der Waals surface area contributed by atoms with E-state index in [1.807, 2.05) is 37.7 Å². The summed E-state index contributed by atoms with van der Waals surface area (Å²) in [6.07, 6.45) is 3.48. The van der Waals surface area contributed by atoms with Gasteiger partial charge in [0.2, 0.25) is 5.88 Å². The van der Waals surface area contributed by atoms with Gasteiger partial charge < -0.3 is 9.84 Å². The molecule has 0 aliphatic heterocycles. The van der Waals surface area contributed by atoms with Gasteiger partial charge in [0.15, 0.2) is 5.75 Å². The monoisotopic (exact) mass is 247 g/mol. The SMILES string of the molecule is Cc1cc(CO)cc(Oc2cnn(C(C)C)c2)n1. The van der Waals surface area contributed by atoms with Crippen molar-refractivity contribution in [2.75, 3.05) is 0 Å². The van der Waals surface area contributed by atoms with Gasteiger partial charge in [-0.3, -0.25) is 4.68 Å². The van der Waals surface area contributed by atoms with E-state index < -0.39 is 0 Å². The van der Waals surface area contributed by atoms with Crippen LogP contribution in [0.5, 0.6) is 11.6 Å². The largest absolute Gasteiger partial charge is 0.436 e. The van der Waals surface area contributed by atoms with Crippen molar-refractivity contribution in [2.45, 2.75) is 33.4 Å². The lowest BCUT2D eigenvalue weighted by molar-refractivity contribution is 0.281. The molecule has 0 amide bonds. The van der Waals surface area contributed by atoms with Crippen LogP contribution >= 0.6 is 0 Å². The molecule has 2 aromatic heterocycles. The lowest BCUT2D eigenvalue weighted by atomic mass is 10.2. The van der Waals surface area contributed by atoms with Crippen LogP contribution in [0.1, 0.15) is 31.1 Å². The zero-order chi connectivity index (χ0) is 13.1. The Labute approximate surface area is 106 Å². The predicted octanol–water partition coefficient (Wildman–Crippen LogP) is 2.45. The van der Waals surface area contributed by atoms with E-state index in [1.165, 1.54) is 0 Å². The molecule has 0 spiro atoms. The lowest BCUT2D eigenvalue weighted by Crippen LogP contribution is -1.99. The van der Waals surface area contributed by atoms with Crippen molar-refractivity contribution in [2.24, 2.45) is 0 Å². The minimum atomic E-state index is -0.0228. The number of pyridine rings is 1. The maximum Gasteiger partial charge on any atom is 0.219 e. The number of aryl methyl sites for hydroxylation is 1. The van der Waals surface area contributed by atoms with E-state index in [0.29, 0.717) is 17.7 Å². The van der Waals surface area contributed by atoms with Crippen LogP contribution in [0, 0.1) is 6.92 Å². The number of hydrogen-bond acceptors (Lipinski definition) is 4. The average Bonchev–Trinajstić information content (AvgIpc) is 2.76. The van der Waals surface area contributed by atoms with E-state index >= 15 is 0 Å². The molecule has 0 aromatic carbocycles. The second-order valence-electron chi connectivity index (χ2n) is 4.46. The van der Waals surface area contributed by atoms with Gasteiger partial charge in [-0.15, -0.1) is 0 Å². The van der Waals surface area contributed by atoms with Gasteiger partial charge in [-0.05, 0) is 32.4 Å². The van der Waals surface area contributed by atoms with Crippen LogP contribution in [0.3, 0.4) is 0 Å². The number of rotatable bonds is 4.